The van der Waals surface area contributed by atoms with E-state index >= 15 is 0 Å². The summed E-state index contributed by atoms with van der Waals surface area (Å²) in [4.78, 5) is 6.76. The van der Waals surface area contributed by atoms with Crippen LogP contribution in [-0.4, -0.2) is 66.2 Å². The SMILES string of the molecule is CN=C(NCc1ccccc1-n1cccn1)N1CCOC(C2CCCO2)C1. The maximum Gasteiger partial charge on any atom is 0.194 e. The molecule has 1 aromatic heterocycles. The molecule has 0 aliphatic carbocycles. The van der Waals surface area contributed by atoms with Gasteiger partial charge < -0.3 is 19.7 Å². The lowest BCUT2D eigenvalue weighted by Gasteiger charge is -2.37. The Bertz CT molecular complexity index is 755. The van der Waals surface area contributed by atoms with Crippen molar-refractivity contribution in [1.29, 1.82) is 0 Å². The number of guanidine groups is 1. The predicted octanol–water partition coefficient (Wildman–Crippen LogP) is 1.83. The molecule has 144 valence electrons. The highest BCUT2D eigenvalue weighted by Gasteiger charge is 2.32. The molecule has 0 bridgehead atoms. The summed E-state index contributed by atoms with van der Waals surface area (Å²) in [7, 11) is 1.83. The summed E-state index contributed by atoms with van der Waals surface area (Å²) in [5, 5.41) is 7.86. The van der Waals surface area contributed by atoms with Gasteiger partial charge in [0.15, 0.2) is 5.96 Å². The Labute approximate surface area is 160 Å². The van der Waals surface area contributed by atoms with Crippen LogP contribution in [0, 0.1) is 0 Å². The Kier molecular flexibility index (Phi) is 5.69. The van der Waals surface area contributed by atoms with Crippen molar-refractivity contribution in [1.82, 2.24) is 20.0 Å². The number of aliphatic imine (C=N–C) groups is 1. The monoisotopic (exact) mass is 369 g/mol. The molecule has 27 heavy (non-hydrogen) atoms. The summed E-state index contributed by atoms with van der Waals surface area (Å²) in [6.07, 6.45) is 6.30. The molecular weight excluding hydrogens is 342 g/mol. The van der Waals surface area contributed by atoms with Crippen molar-refractivity contribution in [2.45, 2.75) is 31.6 Å². The zero-order valence-electron chi connectivity index (χ0n) is 15.8. The Balaban J connectivity index is 1.41. The van der Waals surface area contributed by atoms with Crippen molar-refractivity contribution in [3.8, 4) is 5.69 Å². The molecule has 7 heteroatoms. The zero-order valence-corrected chi connectivity index (χ0v) is 15.8. The number of morpholine rings is 1. The van der Waals surface area contributed by atoms with Crippen LogP contribution in [0.2, 0.25) is 0 Å². The van der Waals surface area contributed by atoms with Crippen LogP contribution in [0.1, 0.15) is 18.4 Å². The van der Waals surface area contributed by atoms with Gasteiger partial charge in [-0.05, 0) is 30.5 Å². The molecule has 2 saturated heterocycles. The van der Waals surface area contributed by atoms with Gasteiger partial charge in [-0.1, -0.05) is 18.2 Å². The second kappa shape index (κ2) is 8.54. The number of hydrogen-bond acceptors (Lipinski definition) is 4. The van der Waals surface area contributed by atoms with Gasteiger partial charge in [0.25, 0.3) is 0 Å². The van der Waals surface area contributed by atoms with E-state index in [0.29, 0.717) is 13.2 Å². The first-order valence-electron chi connectivity index (χ1n) is 9.62. The van der Waals surface area contributed by atoms with Crippen molar-refractivity contribution in [3.63, 3.8) is 0 Å². The number of ether oxygens (including phenoxy) is 2. The van der Waals surface area contributed by atoms with Crippen molar-refractivity contribution in [2.75, 3.05) is 33.4 Å². The van der Waals surface area contributed by atoms with Crippen molar-refractivity contribution in [2.24, 2.45) is 4.99 Å². The fraction of sp³-hybridized carbons (Fsp3) is 0.500. The third-order valence-electron chi connectivity index (χ3n) is 5.16. The lowest BCUT2D eigenvalue weighted by Crippen LogP contribution is -2.53. The summed E-state index contributed by atoms with van der Waals surface area (Å²) in [6.45, 7) is 3.89. The topological polar surface area (TPSA) is 63.9 Å². The molecule has 2 fully saturated rings. The van der Waals surface area contributed by atoms with Crippen LogP contribution in [-0.2, 0) is 16.0 Å². The summed E-state index contributed by atoms with van der Waals surface area (Å²) >= 11 is 0. The Morgan fingerprint density at radius 2 is 2.11 bits per heavy atom. The van der Waals surface area contributed by atoms with E-state index in [2.05, 4.69) is 38.5 Å². The molecule has 0 amide bonds. The van der Waals surface area contributed by atoms with Gasteiger partial charge in [-0.2, -0.15) is 5.10 Å². The minimum atomic E-state index is 0.121. The minimum Gasteiger partial charge on any atom is -0.375 e. The summed E-state index contributed by atoms with van der Waals surface area (Å²) < 4.78 is 13.7. The van der Waals surface area contributed by atoms with Gasteiger partial charge in [0.2, 0.25) is 0 Å². The molecule has 3 heterocycles. The van der Waals surface area contributed by atoms with E-state index in [-0.39, 0.29) is 12.2 Å². The van der Waals surface area contributed by atoms with Gasteiger partial charge in [-0.3, -0.25) is 4.99 Å². The minimum absolute atomic E-state index is 0.121. The van der Waals surface area contributed by atoms with E-state index in [9.17, 15) is 0 Å². The van der Waals surface area contributed by atoms with Crippen LogP contribution in [0.15, 0.2) is 47.7 Å². The van der Waals surface area contributed by atoms with E-state index in [1.165, 1.54) is 5.56 Å². The van der Waals surface area contributed by atoms with Crippen LogP contribution in [0.4, 0.5) is 0 Å². The predicted molar refractivity (Wildman–Crippen MR) is 104 cm³/mol. The van der Waals surface area contributed by atoms with Crippen molar-refractivity contribution < 1.29 is 9.47 Å². The first kappa shape index (κ1) is 18.0. The largest absolute Gasteiger partial charge is 0.375 e. The smallest absolute Gasteiger partial charge is 0.194 e. The van der Waals surface area contributed by atoms with E-state index in [0.717, 1.165) is 44.2 Å². The number of para-hydroxylation sites is 1. The van der Waals surface area contributed by atoms with Gasteiger partial charge in [-0.15, -0.1) is 0 Å². The molecule has 2 atom stereocenters. The lowest BCUT2D eigenvalue weighted by molar-refractivity contribution is -0.0817. The molecule has 0 radical (unpaired) electrons. The average Bonchev–Trinajstić information content (AvgIpc) is 3.43. The highest BCUT2D eigenvalue weighted by Crippen LogP contribution is 2.21. The molecular formula is C20H27N5O2. The molecule has 2 aromatic rings. The van der Waals surface area contributed by atoms with Crippen LogP contribution in [0.5, 0.6) is 0 Å². The van der Waals surface area contributed by atoms with Crippen LogP contribution < -0.4 is 5.32 Å². The van der Waals surface area contributed by atoms with E-state index in [4.69, 9.17) is 9.47 Å². The van der Waals surface area contributed by atoms with Gasteiger partial charge in [-0.25, -0.2) is 4.68 Å². The highest BCUT2D eigenvalue weighted by atomic mass is 16.5. The molecule has 0 saturated carbocycles. The standard InChI is InChI=1S/C20H27N5O2/c1-21-20(24-11-13-27-19(15-24)18-8-4-12-26-18)22-14-16-6-2-3-7-17(16)25-10-5-9-23-25/h2-3,5-7,9-10,18-19H,4,8,11-15H2,1H3,(H,21,22). The number of nitrogens with zero attached hydrogens (tertiary/aromatic N) is 4. The number of hydrogen-bond donors (Lipinski definition) is 1. The molecule has 2 unspecified atom stereocenters. The second-order valence-electron chi connectivity index (χ2n) is 6.89. The van der Waals surface area contributed by atoms with Crippen molar-refractivity contribution in [3.05, 3.63) is 48.3 Å². The molecule has 2 aliphatic heterocycles. The quantitative estimate of drug-likeness (QED) is 0.658. The molecule has 2 aliphatic rings. The average molecular weight is 369 g/mol. The number of aromatic nitrogens is 2. The fourth-order valence-electron chi connectivity index (χ4n) is 3.79. The summed E-state index contributed by atoms with van der Waals surface area (Å²) in [5.41, 5.74) is 2.25. The molecule has 7 nitrogen and oxygen atoms in total. The van der Waals surface area contributed by atoms with Crippen molar-refractivity contribution >= 4 is 5.96 Å². The first-order valence-corrected chi connectivity index (χ1v) is 9.62. The van der Waals surface area contributed by atoms with Crippen LogP contribution >= 0.6 is 0 Å². The zero-order chi connectivity index (χ0) is 18.5. The van der Waals surface area contributed by atoms with Gasteiger partial charge in [0.05, 0.1) is 18.4 Å². The Hall–Kier alpha value is -2.38. The van der Waals surface area contributed by atoms with Gasteiger partial charge >= 0.3 is 0 Å². The number of nitrogens with one attached hydrogen (secondary N) is 1. The summed E-state index contributed by atoms with van der Waals surface area (Å²) in [6, 6.07) is 10.2. The van der Waals surface area contributed by atoms with Gasteiger partial charge in [0, 0.05) is 45.7 Å². The molecule has 0 spiro atoms. The Morgan fingerprint density at radius 1 is 1.22 bits per heavy atom. The molecule has 1 N–H and O–H groups in total. The summed E-state index contributed by atoms with van der Waals surface area (Å²) in [5.74, 6) is 0.900. The molecule has 1 aromatic carbocycles. The lowest BCUT2D eigenvalue weighted by atomic mass is 10.1. The highest BCUT2D eigenvalue weighted by molar-refractivity contribution is 5.80. The maximum absolute atomic E-state index is 5.96. The second-order valence-corrected chi connectivity index (χ2v) is 6.89. The van der Waals surface area contributed by atoms with E-state index in [1.807, 2.05) is 30.1 Å². The number of rotatable bonds is 4. The normalized spacial score (nSPS) is 23.6. The van der Waals surface area contributed by atoms with Crippen LogP contribution in [0.3, 0.4) is 0 Å². The first-order chi connectivity index (χ1) is 13.3. The number of benzene rings is 1. The van der Waals surface area contributed by atoms with Gasteiger partial charge in [0.1, 0.15) is 6.10 Å². The maximum atomic E-state index is 5.96. The van der Waals surface area contributed by atoms with E-state index in [1.54, 1.807) is 6.20 Å². The van der Waals surface area contributed by atoms with Crippen LogP contribution in [0.25, 0.3) is 5.69 Å². The Morgan fingerprint density at radius 3 is 2.89 bits per heavy atom. The third-order valence-corrected chi connectivity index (χ3v) is 5.16. The molecule has 4 rings (SSSR count). The third kappa shape index (κ3) is 4.14. The van der Waals surface area contributed by atoms with E-state index < -0.39 is 0 Å². The fourth-order valence-corrected chi connectivity index (χ4v) is 3.79.